The zero-order valence-corrected chi connectivity index (χ0v) is 21.7. The van der Waals surface area contributed by atoms with Crippen LogP contribution in [0.25, 0.3) is 0 Å². The zero-order chi connectivity index (χ0) is 24.8. The lowest BCUT2D eigenvalue weighted by Crippen LogP contribution is -2.54. The van der Waals surface area contributed by atoms with Gasteiger partial charge < -0.3 is 9.64 Å². The van der Waals surface area contributed by atoms with Crippen LogP contribution in [0.1, 0.15) is 22.1 Å². The maximum absolute atomic E-state index is 13.1. The summed E-state index contributed by atoms with van der Waals surface area (Å²) >= 11 is 8.86. The van der Waals surface area contributed by atoms with Gasteiger partial charge in [0.2, 0.25) is 5.91 Å². The molecule has 2 fully saturated rings. The second-order valence-corrected chi connectivity index (χ2v) is 10.7. The number of amides is 1. The molecule has 0 spiro atoms. The quantitative estimate of drug-likeness (QED) is 0.450. The Balaban J connectivity index is 1.11. The Labute approximate surface area is 222 Å². The monoisotopic (exact) mass is 522 g/mol. The number of carbonyl (C=O) groups is 1. The number of pyridine rings is 1. The summed E-state index contributed by atoms with van der Waals surface area (Å²) in [5, 5.41) is 2.57. The highest BCUT2D eigenvalue weighted by Crippen LogP contribution is 2.38. The standard InChI is InChI=1S/C28H31ClN4O2S/c29-28(23-9-3-1-4-10-23,24-11-5-2-6-12-24)35-19-18-32-14-16-33(17-15-32)27(34)25-21-36-26(31-25)22-8-7-13-30-20-22/h1-13,20,25-26,31H,14-19,21H2/t25-,26?/m0/s1. The molecule has 0 saturated carbocycles. The SMILES string of the molecule is O=C([C@@H]1CSC(c2cccnc2)N1)N1CCN(CCOC(Cl)(c2ccccc2)c2ccccc2)CC1. The molecule has 6 nitrogen and oxygen atoms in total. The zero-order valence-electron chi connectivity index (χ0n) is 20.1. The van der Waals surface area contributed by atoms with Crippen LogP contribution in [-0.2, 0) is 14.6 Å². The number of aromatic nitrogens is 1. The third-order valence-electron chi connectivity index (χ3n) is 6.75. The Morgan fingerprint density at radius 3 is 2.28 bits per heavy atom. The lowest BCUT2D eigenvalue weighted by atomic mass is 10.0. The van der Waals surface area contributed by atoms with E-state index in [-0.39, 0.29) is 17.3 Å². The molecule has 1 aromatic heterocycles. The van der Waals surface area contributed by atoms with E-state index in [1.54, 1.807) is 18.0 Å². The van der Waals surface area contributed by atoms with Crippen molar-refractivity contribution < 1.29 is 9.53 Å². The van der Waals surface area contributed by atoms with Gasteiger partial charge in [-0.05, 0) is 11.6 Å². The molecule has 2 aliphatic heterocycles. The van der Waals surface area contributed by atoms with Gasteiger partial charge in [0.1, 0.15) is 0 Å². The van der Waals surface area contributed by atoms with E-state index in [2.05, 4.69) is 21.3 Å². The first-order chi connectivity index (χ1) is 17.6. The summed E-state index contributed by atoms with van der Waals surface area (Å²) in [6.45, 7) is 4.36. The van der Waals surface area contributed by atoms with E-state index >= 15 is 0 Å². The number of nitrogens with zero attached hydrogens (tertiary/aromatic N) is 3. The average molecular weight is 523 g/mol. The van der Waals surface area contributed by atoms with Gasteiger partial charge in [0, 0.05) is 62.0 Å². The van der Waals surface area contributed by atoms with Crippen molar-refractivity contribution in [2.45, 2.75) is 16.5 Å². The largest absolute Gasteiger partial charge is 0.350 e. The van der Waals surface area contributed by atoms with Gasteiger partial charge in [-0.1, -0.05) is 78.3 Å². The summed E-state index contributed by atoms with van der Waals surface area (Å²) < 4.78 is 6.34. The van der Waals surface area contributed by atoms with Crippen molar-refractivity contribution in [2.24, 2.45) is 0 Å². The number of hydrogen-bond donors (Lipinski definition) is 1. The van der Waals surface area contributed by atoms with Crippen LogP contribution in [0.5, 0.6) is 0 Å². The predicted octanol–water partition coefficient (Wildman–Crippen LogP) is 4.09. The molecule has 1 N–H and O–H groups in total. The fourth-order valence-electron chi connectivity index (χ4n) is 4.70. The van der Waals surface area contributed by atoms with Crippen molar-refractivity contribution in [1.29, 1.82) is 0 Å². The maximum atomic E-state index is 13.1. The number of ether oxygens (including phenoxy) is 1. The van der Waals surface area contributed by atoms with Gasteiger partial charge in [-0.15, -0.1) is 11.8 Å². The molecule has 2 atom stereocenters. The molecule has 2 aliphatic rings. The first kappa shape index (κ1) is 25.2. The normalized spacial score (nSPS) is 21.0. The highest BCUT2D eigenvalue weighted by atomic mass is 35.5. The molecule has 5 rings (SSSR count). The third kappa shape index (κ3) is 5.76. The Hall–Kier alpha value is -2.42. The molecule has 1 unspecified atom stereocenters. The Morgan fingerprint density at radius 1 is 1.00 bits per heavy atom. The Bertz CT molecular complexity index is 1070. The summed E-state index contributed by atoms with van der Waals surface area (Å²) in [6, 6.07) is 23.7. The molecule has 8 heteroatoms. The number of halogens is 1. The van der Waals surface area contributed by atoms with Crippen molar-refractivity contribution in [3.63, 3.8) is 0 Å². The smallest absolute Gasteiger partial charge is 0.240 e. The molecular weight excluding hydrogens is 492 g/mol. The summed E-state index contributed by atoms with van der Waals surface area (Å²) in [5.41, 5.74) is 2.95. The first-order valence-corrected chi connectivity index (χ1v) is 13.8. The molecule has 36 heavy (non-hydrogen) atoms. The third-order valence-corrected chi connectivity index (χ3v) is 8.56. The first-order valence-electron chi connectivity index (χ1n) is 12.4. The molecule has 3 aromatic rings. The summed E-state index contributed by atoms with van der Waals surface area (Å²) in [5.74, 6) is 0.973. The molecule has 0 bridgehead atoms. The van der Waals surface area contributed by atoms with E-state index in [1.165, 1.54) is 0 Å². The topological polar surface area (TPSA) is 57.7 Å². The second-order valence-electron chi connectivity index (χ2n) is 9.06. The van der Waals surface area contributed by atoms with E-state index < -0.39 is 5.06 Å². The van der Waals surface area contributed by atoms with Crippen LogP contribution in [0, 0.1) is 0 Å². The number of thioether (sulfide) groups is 1. The van der Waals surface area contributed by atoms with Gasteiger partial charge in [0.15, 0.2) is 5.06 Å². The minimum absolute atomic E-state index is 0.121. The fraction of sp³-hybridized carbons (Fsp3) is 0.357. The van der Waals surface area contributed by atoms with E-state index in [0.717, 1.165) is 55.2 Å². The van der Waals surface area contributed by atoms with Crippen molar-refractivity contribution in [2.75, 3.05) is 45.1 Å². The second kappa shape index (κ2) is 11.8. The number of benzene rings is 2. The van der Waals surface area contributed by atoms with Crippen LogP contribution in [0.4, 0.5) is 0 Å². The number of alkyl halides is 1. The summed E-state index contributed by atoms with van der Waals surface area (Å²) in [4.78, 5) is 21.6. The Kier molecular flexibility index (Phi) is 8.24. The van der Waals surface area contributed by atoms with Crippen LogP contribution in [0.2, 0.25) is 0 Å². The summed E-state index contributed by atoms with van der Waals surface area (Å²) in [7, 11) is 0. The molecule has 2 saturated heterocycles. The minimum Gasteiger partial charge on any atom is -0.350 e. The molecule has 0 radical (unpaired) electrons. The van der Waals surface area contributed by atoms with E-state index in [4.69, 9.17) is 16.3 Å². The van der Waals surface area contributed by atoms with Crippen molar-refractivity contribution in [3.8, 4) is 0 Å². The van der Waals surface area contributed by atoms with E-state index in [1.807, 2.05) is 77.8 Å². The molecule has 1 amide bonds. The maximum Gasteiger partial charge on any atom is 0.240 e. The van der Waals surface area contributed by atoms with Crippen LogP contribution in [0.15, 0.2) is 85.2 Å². The highest BCUT2D eigenvalue weighted by molar-refractivity contribution is 7.99. The lowest BCUT2D eigenvalue weighted by molar-refractivity contribution is -0.134. The van der Waals surface area contributed by atoms with Crippen molar-refractivity contribution in [1.82, 2.24) is 20.1 Å². The average Bonchev–Trinajstić information content (AvgIpc) is 3.45. The van der Waals surface area contributed by atoms with Gasteiger partial charge in [0.25, 0.3) is 0 Å². The highest BCUT2D eigenvalue weighted by Gasteiger charge is 2.35. The molecule has 0 aliphatic carbocycles. The van der Waals surface area contributed by atoms with E-state index in [0.29, 0.717) is 6.61 Å². The predicted molar refractivity (Wildman–Crippen MR) is 145 cm³/mol. The molecule has 3 heterocycles. The molecule has 2 aromatic carbocycles. The number of rotatable bonds is 8. The van der Waals surface area contributed by atoms with E-state index in [9.17, 15) is 4.79 Å². The van der Waals surface area contributed by atoms with Crippen molar-refractivity contribution in [3.05, 3.63) is 102 Å². The van der Waals surface area contributed by atoms with Crippen LogP contribution in [-0.4, -0.2) is 71.8 Å². The number of nitrogens with one attached hydrogen (secondary N) is 1. The number of hydrogen-bond acceptors (Lipinski definition) is 6. The summed E-state index contributed by atoms with van der Waals surface area (Å²) in [6.07, 6.45) is 3.64. The minimum atomic E-state index is -1.03. The number of carbonyl (C=O) groups excluding carboxylic acids is 1. The van der Waals surface area contributed by atoms with Crippen molar-refractivity contribution >= 4 is 29.3 Å². The van der Waals surface area contributed by atoms with Crippen LogP contribution < -0.4 is 5.32 Å². The lowest BCUT2D eigenvalue weighted by Gasteiger charge is -2.36. The van der Waals surface area contributed by atoms with Crippen LogP contribution in [0.3, 0.4) is 0 Å². The molecular formula is C28H31ClN4O2S. The molecule has 188 valence electrons. The number of piperazine rings is 1. The fourth-order valence-corrected chi connectivity index (χ4v) is 6.25. The van der Waals surface area contributed by atoms with Gasteiger partial charge in [0.05, 0.1) is 18.0 Å². The van der Waals surface area contributed by atoms with Gasteiger partial charge in [-0.25, -0.2) is 0 Å². The van der Waals surface area contributed by atoms with Gasteiger partial charge in [-0.3, -0.25) is 20.0 Å². The van der Waals surface area contributed by atoms with Gasteiger partial charge in [-0.2, -0.15) is 0 Å². The van der Waals surface area contributed by atoms with Crippen LogP contribution >= 0.6 is 23.4 Å². The van der Waals surface area contributed by atoms with Gasteiger partial charge >= 0.3 is 0 Å². The Morgan fingerprint density at radius 2 is 1.67 bits per heavy atom.